The van der Waals surface area contributed by atoms with Crippen LogP contribution in [0.1, 0.15) is 18.0 Å². The highest BCUT2D eigenvalue weighted by Gasteiger charge is 2.23. The molecule has 0 spiro atoms. The van der Waals surface area contributed by atoms with Crippen LogP contribution in [0.2, 0.25) is 0 Å². The molecule has 2 nitrogen and oxygen atoms in total. The maximum absolute atomic E-state index is 3.69. The summed E-state index contributed by atoms with van der Waals surface area (Å²) in [5, 5.41) is 6.34. The van der Waals surface area contributed by atoms with Crippen LogP contribution in [0.4, 0.5) is 5.69 Å². The lowest BCUT2D eigenvalue weighted by Gasteiger charge is -2.30. The van der Waals surface area contributed by atoms with Gasteiger partial charge >= 0.3 is 0 Å². The van der Waals surface area contributed by atoms with E-state index in [-0.39, 0.29) is 12.4 Å². The van der Waals surface area contributed by atoms with Gasteiger partial charge < -0.3 is 12.4 Å². The second-order valence-corrected chi connectivity index (χ2v) is 6.05. The maximum Gasteiger partial charge on any atom is 0.136 e. The molecule has 1 fully saturated rings. The van der Waals surface area contributed by atoms with Crippen molar-refractivity contribution in [1.82, 2.24) is 5.32 Å². The number of halogens is 1. The molecule has 3 heteroatoms. The second-order valence-electron chi connectivity index (χ2n) is 6.05. The molecule has 0 radical (unpaired) electrons. The third kappa shape index (κ3) is 3.40. The number of nitrogens with one attached hydrogen (secondary N) is 2. The van der Waals surface area contributed by atoms with Gasteiger partial charge in [0.05, 0.1) is 6.54 Å². The van der Waals surface area contributed by atoms with Crippen molar-refractivity contribution in [3.8, 4) is 0 Å². The molecule has 0 aliphatic carbocycles. The molecule has 0 aromatic heterocycles. The van der Waals surface area contributed by atoms with Crippen molar-refractivity contribution >= 4 is 16.5 Å². The smallest absolute Gasteiger partial charge is 0.136 e. The fourth-order valence-corrected chi connectivity index (χ4v) is 3.38. The first kappa shape index (κ1) is 16.0. The van der Waals surface area contributed by atoms with E-state index < -0.39 is 0 Å². The Balaban J connectivity index is 0.00000156. The van der Waals surface area contributed by atoms with Gasteiger partial charge in [-0.15, -0.1) is 0 Å². The fraction of sp³-hybridized carbons (Fsp3) is 0.200. The lowest BCUT2D eigenvalue weighted by atomic mass is 10.0. The Morgan fingerprint density at radius 1 is 0.826 bits per heavy atom. The molecule has 1 aliphatic heterocycles. The lowest BCUT2D eigenvalue weighted by Crippen LogP contribution is -3.10. The third-order valence-electron chi connectivity index (χ3n) is 4.66. The number of fused-ring (bicyclic) bond motifs is 1. The molecule has 2 unspecified atom stereocenters. The standard InChI is InChI=1S/C20H20N2.ClH/c1-2-7-17(8-3-1)20-12-13-22(15-21-20)19-11-10-16-6-4-5-9-18(16)14-19;/h1-11,14,20-21H,12-13,15H2;1H. The summed E-state index contributed by atoms with van der Waals surface area (Å²) in [6.07, 6.45) is 1.17. The van der Waals surface area contributed by atoms with Gasteiger partial charge in [0.1, 0.15) is 12.4 Å². The van der Waals surface area contributed by atoms with Crippen LogP contribution < -0.4 is 22.6 Å². The monoisotopic (exact) mass is 324 g/mol. The first-order chi connectivity index (χ1) is 10.9. The van der Waals surface area contributed by atoms with Gasteiger partial charge in [-0.25, -0.2) is 0 Å². The van der Waals surface area contributed by atoms with Crippen LogP contribution in [0.5, 0.6) is 0 Å². The Bertz CT molecular complexity index is 765. The average Bonchev–Trinajstić information content (AvgIpc) is 2.62. The van der Waals surface area contributed by atoms with Gasteiger partial charge in [0, 0.05) is 18.5 Å². The van der Waals surface area contributed by atoms with Crippen molar-refractivity contribution in [2.24, 2.45) is 0 Å². The molecule has 0 saturated carbocycles. The molecule has 1 heterocycles. The van der Waals surface area contributed by atoms with Gasteiger partial charge in [-0.3, -0.25) is 10.2 Å². The van der Waals surface area contributed by atoms with E-state index in [1.54, 1.807) is 0 Å². The SMILES string of the molecule is [Cl-].c1ccc(C2CC[NH+](c3ccc4ccccc4c3)CN2)cc1. The molecular formula is C20H21ClN2. The van der Waals surface area contributed by atoms with Crippen LogP contribution in [-0.4, -0.2) is 13.2 Å². The molecule has 4 rings (SSSR count). The zero-order valence-corrected chi connectivity index (χ0v) is 13.8. The molecule has 23 heavy (non-hydrogen) atoms. The van der Waals surface area contributed by atoms with Gasteiger partial charge in [-0.05, 0) is 28.5 Å². The largest absolute Gasteiger partial charge is 1.00 e. The number of rotatable bonds is 2. The topological polar surface area (TPSA) is 16.5 Å². The van der Waals surface area contributed by atoms with Gasteiger partial charge in [0.15, 0.2) is 0 Å². The molecule has 2 N–H and O–H groups in total. The summed E-state index contributed by atoms with van der Waals surface area (Å²) in [5.74, 6) is 0. The van der Waals surface area contributed by atoms with Crippen LogP contribution in [-0.2, 0) is 0 Å². The van der Waals surface area contributed by atoms with Gasteiger partial charge in [-0.2, -0.15) is 0 Å². The van der Waals surface area contributed by atoms with Crippen molar-refractivity contribution in [2.75, 3.05) is 13.2 Å². The molecule has 2 atom stereocenters. The Kier molecular flexibility index (Phi) is 4.97. The summed E-state index contributed by atoms with van der Waals surface area (Å²) in [7, 11) is 0. The normalized spacial score (nSPS) is 20.9. The number of hydrogen-bond donors (Lipinski definition) is 2. The molecule has 0 amide bonds. The Morgan fingerprint density at radius 3 is 2.30 bits per heavy atom. The first-order valence-corrected chi connectivity index (χ1v) is 8.02. The average molecular weight is 325 g/mol. The van der Waals surface area contributed by atoms with E-state index >= 15 is 0 Å². The molecule has 118 valence electrons. The minimum absolute atomic E-state index is 0. The van der Waals surface area contributed by atoms with Gasteiger partial charge in [-0.1, -0.05) is 54.6 Å². The minimum atomic E-state index is 0. The zero-order valence-electron chi connectivity index (χ0n) is 13.0. The van der Waals surface area contributed by atoms with E-state index in [0.717, 1.165) is 6.67 Å². The third-order valence-corrected chi connectivity index (χ3v) is 4.66. The summed E-state index contributed by atoms with van der Waals surface area (Å²) in [6, 6.07) is 26.7. The zero-order chi connectivity index (χ0) is 14.8. The number of hydrogen-bond acceptors (Lipinski definition) is 1. The summed E-state index contributed by atoms with van der Waals surface area (Å²) in [6.45, 7) is 2.16. The Labute approximate surface area is 143 Å². The van der Waals surface area contributed by atoms with Crippen LogP contribution in [0.3, 0.4) is 0 Å². The van der Waals surface area contributed by atoms with Crippen LogP contribution in [0, 0.1) is 0 Å². The molecule has 3 aromatic rings. The van der Waals surface area contributed by atoms with Crippen molar-refractivity contribution in [2.45, 2.75) is 12.5 Å². The van der Waals surface area contributed by atoms with E-state index in [1.165, 1.54) is 39.9 Å². The molecule has 1 saturated heterocycles. The van der Waals surface area contributed by atoms with E-state index in [9.17, 15) is 0 Å². The fourth-order valence-electron chi connectivity index (χ4n) is 3.38. The number of benzene rings is 3. The van der Waals surface area contributed by atoms with Crippen molar-refractivity contribution in [1.29, 1.82) is 0 Å². The van der Waals surface area contributed by atoms with Crippen molar-refractivity contribution < 1.29 is 17.3 Å². The Morgan fingerprint density at radius 2 is 1.57 bits per heavy atom. The lowest BCUT2D eigenvalue weighted by molar-refractivity contribution is -0.842. The molecule has 3 aromatic carbocycles. The van der Waals surface area contributed by atoms with Crippen LogP contribution in [0.15, 0.2) is 72.8 Å². The summed E-state index contributed by atoms with van der Waals surface area (Å²) < 4.78 is 0. The quantitative estimate of drug-likeness (QED) is 0.681. The molecule has 0 bridgehead atoms. The van der Waals surface area contributed by atoms with E-state index in [1.807, 2.05) is 0 Å². The first-order valence-electron chi connectivity index (χ1n) is 8.02. The maximum atomic E-state index is 3.69. The van der Waals surface area contributed by atoms with E-state index in [2.05, 4.69) is 78.1 Å². The highest BCUT2D eigenvalue weighted by Crippen LogP contribution is 2.19. The van der Waals surface area contributed by atoms with Gasteiger partial charge in [0.25, 0.3) is 0 Å². The number of quaternary nitrogens is 1. The molecular weight excluding hydrogens is 304 g/mol. The van der Waals surface area contributed by atoms with Gasteiger partial charge in [0.2, 0.25) is 0 Å². The summed E-state index contributed by atoms with van der Waals surface area (Å²) in [4.78, 5) is 1.53. The van der Waals surface area contributed by atoms with E-state index in [4.69, 9.17) is 0 Å². The highest BCUT2D eigenvalue weighted by molar-refractivity contribution is 5.84. The van der Waals surface area contributed by atoms with E-state index in [0.29, 0.717) is 6.04 Å². The van der Waals surface area contributed by atoms with Crippen LogP contribution >= 0.6 is 0 Å². The highest BCUT2D eigenvalue weighted by atomic mass is 35.5. The Hall–Kier alpha value is -1.87. The minimum Gasteiger partial charge on any atom is -1.00 e. The summed E-state index contributed by atoms with van der Waals surface area (Å²) >= 11 is 0. The van der Waals surface area contributed by atoms with Crippen molar-refractivity contribution in [3.05, 3.63) is 78.4 Å². The second kappa shape index (κ2) is 7.14. The van der Waals surface area contributed by atoms with Crippen LogP contribution in [0.25, 0.3) is 10.8 Å². The molecule has 1 aliphatic rings. The predicted molar refractivity (Wildman–Crippen MR) is 91.2 cm³/mol. The predicted octanol–water partition coefficient (Wildman–Crippen LogP) is 0.0523. The summed E-state index contributed by atoms with van der Waals surface area (Å²) in [5.41, 5.74) is 2.79. The van der Waals surface area contributed by atoms with Crippen molar-refractivity contribution in [3.63, 3.8) is 0 Å².